The van der Waals surface area contributed by atoms with Gasteiger partial charge in [0.1, 0.15) is 0 Å². The van der Waals surface area contributed by atoms with E-state index in [9.17, 15) is 10.0 Å². The van der Waals surface area contributed by atoms with Crippen molar-refractivity contribution in [1.82, 2.24) is 0 Å². The lowest BCUT2D eigenvalue weighted by molar-refractivity contribution is 0.427. The Morgan fingerprint density at radius 1 is 0.731 bits per heavy atom. The SMILES string of the molecule is CC(C)(C)c1c2ccccc2c(-c2ccc(B(O)O)s2)c2ccccc12. The van der Waals surface area contributed by atoms with Crippen molar-refractivity contribution in [3.8, 4) is 10.4 Å². The van der Waals surface area contributed by atoms with Crippen molar-refractivity contribution < 1.29 is 10.0 Å². The smallest absolute Gasteiger partial charge is 0.423 e. The number of hydrogen-bond acceptors (Lipinski definition) is 3. The number of hydrogen-bond donors (Lipinski definition) is 2. The van der Waals surface area contributed by atoms with Crippen LogP contribution in [0.25, 0.3) is 32.0 Å². The quantitative estimate of drug-likeness (QED) is 0.402. The van der Waals surface area contributed by atoms with Crippen LogP contribution >= 0.6 is 11.3 Å². The summed E-state index contributed by atoms with van der Waals surface area (Å²) in [6, 6.07) is 20.8. The first-order valence-electron chi connectivity index (χ1n) is 8.78. The highest BCUT2D eigenvalue weighted by Crippen LogP contribution is 2.44. The van der Waals surface area contributed by atoms with Crippen LogP contribution in [-0.4, -0.2) is 17.2 Å². The molecule has 0 amide bonds. The molecule has 0 bridgehead atoms. The van der Waals surface area contributed by atoms with Crippen molar-refractivity contribution in [1.29, 1.82) is 0 Å². The predicted molar refractivity (Wildman–Crippen MR) is 113 cm³/mol. The van der Waals surface area contributed by atoms with E-state index in [2.05, 4.69) is 69.3 Å². The van der Waals surface area contributed by atoms with Gasteiger partial charge in [-0.1, -0.05) is 75.4 Å². The van der Waals surface area contributed by atoms with Crippen LogP contribution in [0.15, 0.2) is 60.7 Å². The Bertz CT molecular complexity index is 1050. The van der Waals surface area contributed by atoms with Crippen LogP contribution in [0.1, 0.15) is 26.3 Å². The molecule has 4 rings (SSSR count). The second-order valence-corrected chi connectivity index (χ2v) is 8.78. The maximum atomic E-state index is 9.53. The van der Waals surface area contributed by atoms with E-state index in [0.717, 1.165) is 4.88 Å². The van der Waals surface area contributed by atoms with Crippen LogP contribution in [0.5, 0.6) is 0 Å². The largest absolute Gasteiger partial charge is 0.499 e. The lowest BCUT2D eigenvalue weighted by atomic mass is 9.78. The fourth-order valence-corrected chi connectivity index (χ4v) is 4.78. The van der Waals surface area contributed by atoms with E-state index in [4.69, 9.17) is 0 Å². The summed E-state index contributed by atoms with van der Waals surface area (Å²) >= 11 is 1.44. The number of fused-ring (bicyclic) bond motifs is 2. The van der Waals surface area contributed by atoms with Crippen molar-refractivity contribution in [2.45, 2.75) is 26.2 Å². The third kappa shape index (κ3) is 2.75. The normalized spacial score (nSPS) is 12.0. The molecule has 1 heterocycles. The van der Waals surface area contributed by atoms with Gasteiger partial charge < -0.3 is 10.0 Å². The molecule has 0 atom stereocenters. The molecule has 0 aliphatic heterocycles. The summed E-state index contributed by atoms with van der Waals surface area (Å²) in [6.07, 6.45) is 0. The fourth-order valence-electron chi connectivity index (χ4n) is 3.83. The number of thiophene rings is 1. The molecule has 0 unspecified atom stereocenters. The van der Waals surface area contributed by atoms with Crippen LogP contribution in [0.4, 0.5) is 0 Å². The molecule has 2 nitrogen and oxygen atoms in total. The molecule has 3 aromatic carbocycles. The van der Waals surface area contributed by atoms with Crippen molar-refractivity contribution in [2.75, 3.05) is 0 Å². The zero-order valence-corrected chi connectivity index (χ0v) is 16.0. The van der Waals surface area contributed by atoms with E-state index >= 15 is 0 Å². The van der Waals surface area contributed by atoms with E-state index in [1.165, 1.54) is 44.0 Å². The van der Waals surface area contributed by atoms with Crippen LogP contribution in [0, 0.1) is 0 Å². The monoisotopic (exact) mass is 360 g/mol. The maximum Gasteiger partial charge on any atom is 0.499 e. The van der Waals surface area contributed by atoms with Crippen LogP contribution in [0.3, 0.4) is 0 Å². The van der Waals surface area contributed by atoms with Crippen molar-refractivity contribution in [3.05, 3.63) is 66.2 Å². The summed E-state index contributed by atoms with van der Waals surface area (Å²) < 4.78 is 0.563. The first-order valence-corrected chi connectivity index (χ1v) is 9.60. The Kier molecular flexibility index (Phi) is 4.15. The van der Waals surface area contributed by atoms with Gasteiger partial charge in [0.25, 0.3) is 0 Å². The lowest BCUT2D eigenvalue weighted by Gasteiger charge is -2.25. The van der Waals surface area contributed by atoms with Crippen LogP contribution in [-0.2, 0) is 5.41 Å². The second kappa shape index (κ2) is 6.24. The Hall–Kier alpha value is -2.14. The zero-order chi connectivity index (χ0) is 18.5. The molecule has 2 N–H and O–H groups in total. The van der Waals surface area contributed by atoms with E-state index in [0.29, 0.717) is 4.78 Å². The van der Waals surface area contributed by atoms with E-state index in [-0.39, 0.29) is 5.41 Å². The maximum absolute atomic E-state index is 9.53. The molecule has 130 valence electrons. The number of benzene rings is 3. The Balaban J connectivity index is 2.19. The minimum atomic E-state index is -1.43. The van der Waals surface area contributed by atoms with Crippen molar-refractivity contribution in [3.63, 3.8) is 0 Å². The van der Waals surface area contributed by atoms with Gasteiger partial charge in [0.2, 0.25) is 0 Å². The molecule has 1 aromatic heterocycles. The summed E-state index contributed by atoms with van der Waals surface area (Å²) in [5, 5.41) is 24.0. The molecular weight excluding hydrogens is 339 g/mol. The highest BCUT2D eigenvalue weighted by Gasteiger charge is 2.24. The topological polar surface area (TPSA) is 40.5 Å². The second-order valence-electron chi connectivity index (χ2n) is 7.67. The van der Waals surface area contributed by atoms with Gasteiger partial charge in [0, 0.05) is 15.2 Å². The Labute approximate surface area is 157 Å². The van der Waals surface area contributed by atoms with Gasteiger partial charge in [-0.3, -0.25) is 0 Å². The summed E-state index contributed by atoms with van der Waals surface area (Å²) in [5.74, 6) is 0. The lowest BCUT2D eigenvalue weighted by Crippen LogP contribution is -2.26. The third-order valence-electron chi connectivity index (χ3n) is 4.81. The molecule has 0 saturated heterocycles. The first kappa shape index (κ1) is 17.3. The molecular formula is C22H21BO2S. The molecule has 4 heteroatoms. The van der Waals surface area contributed by atoms with Gasteiger partial charge >= 0.3 is 7.12 Å². The molecule has 0 aliphatic rings. The van der Waals surface area contributed by atoms with Crippen molar-refractivity contribution in [2.24, 2.45) is 0 Å². The molecule has 0 radical (unpaired) electrons. The third-order valence-corrected chi connectivity index (χ3v) is 5.95. The molecule has 26 heavy (non-hydrogen) atoms. The average Bonchev–Trinajstić information content (AvgIpc) is 3.08. The molecule has 0 spiro atoms. The highest BCUT2D eigenvalue weighted by atomic mass is 32.1. The minimum absolute atomic E-state index is 0.0135. The van der Waals surface area contributed by atoms with E-state index in [1.807, 2.05) is 6.07 Å². The summed E-state index contributed by atoms with van der Waals surface area (Å²) in [4.78, 5) is 1.06. The average molecular weight is 360 g/mol. The van der Waals surface area contributed by atoms with Gasteiger partial charge in [-0.2, -0.15) is 0 Å². The first-order chi connectivity index (χ1) is 12.4. The highest BCUT2D eigenvalue weighted by molar-refractivity contribution is 7.25. The predicted octanol–water partition coefficient (Wildman–Crippen LogP) is 4.70. The number of rotatable bonds is 2. The zero-order valence-electron chi connectivity index (χ0n) is 15.2. The van der Waals surface area contributed by atoms with Gasteiger partial charge in [0.05, 0.1) is 0 Å². The summed E-state index contributed by atoms with van der Waals surface area (Å²) in [5.41, 5.74) is 2.53. The molecule has 0 saturated carbocycles. The molecule has 0 fully saturated rings. The summed E-state index contributed by atoms with van der Waals surface area (Å²) in [6.45, 7) is 6.77. The summed E-state index contributed by atoms with van der Waals surface area (Å²) in [7, 11) is -1.43. The Morgan fingerprint density at radius 2 is 1.23 bits per heavy atom. The van der Waals surface area contributed by atoms with Crippen LogP contribution in [0.2, 0.25) is 0 Å². The van der Waals surface area contributed by atoms with Gasteiger partial charge in [0.15, 0.2) is 0 Å². The standard InChI is InChI=1S/C22H21BO2S/c1-22(2,3)21-16-10-6-4-8-14(16)20(15-9-5-7-11-17(15)21)18-12-13-19(26-18)23(24)25/h4-13,24-25H,1-3H3. The minimum Gasteiger partial charge on any atom is -0.423 e. The van der Waals surface area contributed by atoms with Crippen LogP contribution < -0.4 is 4.78 Å². The molecule has 0 aliphatic carbocycles. The fraction of sp³-hybridized carbons (Fsp3) is 0.182. The van der Waals surface area contributed by atoms with Gasteiger partial charge in [-0.15, -0.1) is 11.3 Å². The molecule has 4 aromatic rings. The van der Waals surface area contributed by atoms with E-state index in [1.54, 1.807) is 6.07 Å². The van der Waals surface area contributed by atoms with Gasteiger partial charge in [-0.25, -0.2) is 0 Å². The van der Waals surface area contributed by atoms with E-state index < -0.39 is 7.12 Å². The Morgan fingerprint density at radius 3 is 1.65 bits per heavy atom. The van der Waals surface area contributed by atoms with Gasteiger partial charge in [-0.05, 0) is 38.6 Å². The van der Waals surface area contributed by atoms with Crippen molar-refractivity contribution >= 4 is 44.8 Å².